The highest BCUT2D eigenvalue weighted by Crippen LogP contribution is 2.29. The van der Waals surface area contributed by atoms with Gasteiger partial charge in [-0.3, -0.25) is 9.59 Å². The fourth-order valence-electron chi connectivity index (χ4n) is 3.21. The molecule has 1 atom stereocenters. The van der Waals surface area contributed by atoms with E-state index in [9.17, 15) is 9.59 Å². The van der Waals surface area contributed by atoms with Gasteiger partial charge in [-0.15, -0.1) is 0 Å². The van der Waals surface area contributed by atoms with Gasteiger partial charge in [-0.2, -0.15) is 0 Å². The average molecular weight is 252 g/mol. The van der Waals surface area contributed by atoms with Crippen LogP contribution < -0.4 is 5.32 Å². The summed E-state index contributed by atoms with van der Waals surface area (Å²) in [6, 6.07) is -0.271. The van der Waals surface area contributed by atoms with Crippen molar-refractivity contribution < 1.29 is 9.59 Å². The molecule has 2 fully saturated rings. The van der Waals surface area contributed by atoms with E-state index in [-0.39, 0.29) is 23.8 Å². The van der Waals surface area contributed by atoms with E-state index in [0.717, 1.165) is 0 Å². The number of amides is 2. The highest BCUT2D eigenvalue weighted by Gasteiger charge is 2.35. The van der Waals surface area contributed by atoms with Crippen LogP contribution in [-0.2, 0) is 9.59 Å². The Morgan fingerprint density at radius 3 is 2.67 bits per heavy atom. The molecule has 4 heteroatoms. The maximum Gasteiger partial charge on any atom is 0.243 e. The van der Waals surface area contributed by atoms with Gasteiger partial charge in [-0.05, 0) is 24.7 Å². The summed E-state index contributed by atoms with van der Waals surface area (Å²) in [5.41, 5.74) is 0. The quantitative estimate of drug-likeness (QED) is 0.828. The Balaban J connectivity index is 1.99. The molecule has 2 aliphatic rings. The summed E-state index contributed by atoms with van der Waals surface area (Å²) in [4.78, 5) is 26.1. The second kappa shape index (κ2) is 5.72. The topological polar surface area (TPSA) is 49.4 Å². The molecule has 0 aromatic carbocycles. The van der Waals surface area contributed by atoms with Gasteiger partial charge in [0.2, 0.25) is 11.8 Å². The van der Waals surface area contributed by atoms with Crippen molar-refractivity contribution >= 4 is 11.8 Å². The van der Waals surface area contributed by atoms with Crippen LogP contribution in [0.25, 0.3) is 0 Å². The molecule has 1 N–H and O–H groups in total. The van der Waals surface area contributed by atoms with Gasteiger partial charge in [0.1, 0.15) is 6.04 Å². The molecule has 102 valence electrons. The molecular formula is C14H24N2O2. The summed E-state index contributed by atoms with van der Waals surface area (Å²) in [7, 11) is 0. The van der Waals surface area contributed by atoms with Crippen LogP contribution in [0.15, 0.2) is 0 Å². The highest BCUT2D eigenvalue weighted by atomic mass is 16.2. The molecule has 0 bridgehead atoms. The second-order valence-electron chi connectivity index (χ2n) is 5.92. The van der Waals surface area contributed by atoms with Crippen LogP contribution in [0.1, 0.15) is 46.0 Å². The van der Waals surface area contributed by atoms with Crippen LogP contribution in [0.5, 0.6) is 0 Å². The third-order valence-electron chi connectivity index (χ3n) is 4.15. The van der Waals surface area contributed by atoms with E-state index in [1.165, 1.54) is 25.7 Å². The predicted molar refractivity (Wildman–Crippen MR) is 69.9 cm³/mol. The van der Waals surface area contributed by atoms with E-state index in [0.29, 0.717) is 25.4 Å². The number of hydrogen-bond donors (Lipinski definition) is 1. The Kier molecular flexibility index (Phi) is 4.25. The van der Waals surface area contributed by atoms with Crippen molar-refractivity contribution in [3.63, 3.8) is 0 Å². The summed E-state index contributed by atoms with van der Waals surface area (Å²) >= 11 is 0. The highest BCUT2D eigenvalue weighted by molar-refractivity contribution is 5.89. The first-order chi connectivity index (χ1) is 8.59. The standard InChI is InChI=1S/C14H24N2O2/c1-10(2)13-14(18)15-7-8-16(13)12(17)9-11-5-3-4-6-11/h10-11,13H,3-9H2,1-2H3,(H,15,18). The number of rotatable bonds is 3. The minimum absolute atomic E-state index is 0.0102. The van der Waals surface area contributed by atoms with Crippen LogP contribution in [0.3, 0.4) is 0 Å². The molecule has 1 unspecified atom stereocenters. The van der Waals surface area contributed by atoms with Crippen LogP contribution in [0, 0.1) is 11.8 Å². The van der Waals surface area contributed by atoms with Crippen molar-refractivity contribution in [2.45, 2.75) is 52.0 Å². The van der Waals surface area contributed by atoms with Crippen molar-refractivity contribution in [3.05, 3.63) is 0 Å². The molecule has 2 amide bonds. The van der Waals surface area contributed by atoms with E-state index < -0.39 is 0 Å². The van der Waals surface area contributed by atoms with Crippen LogP contribution in [-0.4, -0.2) is 35.8 Å². The Morgan fingerprint density at radius 2 is 2.06 bits per heavy atom. The maximum absolute atomic E-state index is 12.4. The third kappa shape index (κ3) is 2.85. The number of carbonyl (C=O) groups is 2. The maximum atomic E-state index is 12.4. The van der Waals surface area contributed by atoms with Gasteiger partial charge in [0.05, 0.1) is 0 Å². The largest absolute Gasteiger partial charge is 0.353 e. The number of nitrogens with zero attached hydrogens (tertiary/aromatic N) is 1. The smallest absolute Gasteiger partial charge is 0.243 e. The summed E-state index contributed by atoms with van der Waals surface area (Å²) in [5, 5.41) is 2.86. The summed E-state index contributed by atoms with van der Waals surface area (Å²) in [6.07, 6.45) is 5.50. The first-order valence-corrected chi connectivity index (χ1v) is 7.16. The Labute approximate surface area is 109 Å². The molecule has 1 saturated heterocycles. The fourth-order valence-corrected chi connectivity index (χ4v) is 3.21. The first-order valence-electron chi connectivity index (χ1n) is 7.16. The van der Waals surface area contributed by atoms with Gasteiger partial charge < -0.3 is 10.2 Å². The van der Waals surface area contributed by atoms with Crippen molar-refractivity contribution in [1.29, 1.82) is 0 Å². The van der Waals surface area contributed by atoms with E-state index in [1.54, 1.807) is 0 Å². The minimum Gasteiger partial charge on any atom is -0.353 e. The first kappa shape index (κ1) is 13.4. The average Bonchev–Trinajstić information content (AvgIpc) is 2.80. The van der Waals surface area contributed by atoms with Crippen LogP contribution in [0.2, 0.25) is 0 Å². The molecule has 2 rings (SSSR count). The normalized spacial score (nSPS) is 25.6. The van der Waals surface area contributed by atoms with Crippen LogP contribution >= 0.6 is 0 Å². The lowest BCUT2D eigenvalue weighted by molar-refractivity contribution is -0.145. The molecule has 0 radical (unpaired) electrons. The molecule has 0 aromatic rings. The number of hydrogen-bond acceptors (Lipinski definition) is 2. The molecule has 0 aromatic heterocycles. The van der Waals surface area contributed by atoms with Gasteiger partial charge in [0.15, 0.2) is 0 Å². The number of carbonyl (C=O) groups excluding carboxylic acids is 2. The van der Waals surface area contributed by atoms with Gasteiger partial charge in [-0.1, -0.05) is 26.7 Å². The van der Waals surface area contributed by atoms with E-state index in [4.69, 9.17) is 0 Å². The van der Waals surface area contributed by atoms with Crippen molar-refractivity contribution in [1.82, 2.24) is 10.2 Å². The third-order valence-corrected chi connectivity index (χ3v) is 4.15. The number of nitrogens with one attached hydrogen (secondary N) is 1. The SMILES string of the molecule is CC(C)C1C(=O)NCCN1C(=O)CC1CCCC1. The van der Waals surface area contributed by atoms with E-state index >= 15 is 0 Å². The van der Waals surface area contributed by atoms with Gasteiger partial charge in [0, 0.05) is 19.5 Å². The minimum atomic E-state index is -0.271. The lowest BCUT2D eigenvalue weighted by atomic mass is 9.97. The molecular weight excluding hydrogens is 228 g/mol. The molecule has 1 heterocycles. The monoisotopic (exact) mass is 252 g/mol. The van der Waals surface area contributed by atoms with E-state index in [2.05, 4.69) is 5.32 Å². The summed E-state index contributed by atoms with van der Waals surface area (Å²) in [6.45, 7) is 5.27. The Hall–Kier alpha value is -1.06. The van der Waals surface area contributed by atoms with Crippen molar-refractivity contribution in [3.8, 4) is 0 Å². The van der Waals surface area contributed by atoms with Crippen LogP contribution in [0.4, 0.5) is 0 Å². The van der Waals surface area contributed by atoms with Crippen molar-refractivity contribution in [2.24, 2.45) is 11.8 Å². The molecule has 1 saturated carbocycles. The Morgan fingerprint density at radius 1 is 1.39 bits per heavy atom. The molecule has 1 aliphatic heterocycles. The fraction of sp³-hybridized carbons (Fsp3) is 0.857. The predicted octanol–water partition coefficient (Wildman–Crippen LogP) is 1.55. The van der Waals surface area contributed by atoms with Crippen molar-refractivity contribution in [2.75, 3.05) is 13.1 Å². The lowest BCUT2D eigenvalue weighted by Gasteiger charge is -2.37. The summed E-state index contributed by atoms with van der Waals surface area (Å²) in [5.74, 6) is 0.916. The van der Waals surface area contributed by atoms with E-state index in [1.807, 2.05) is 18.7 Å². The van der Waals surface area contributed by atoms with Gasteiger partial charge in [0.25, 0.3) is 0 Å². The number of piperazine rings is 1. The van der Waals surface area contributed by atoms with Gasteiger partial charge in [-0.25, -0.2) is 0 Å². The zero-order valence-corrected chi connectivity index (χ0v) is 11.4. The lowest BCUT2D eigenvalue weighted by Crippen LogP contribution is -2.59. The Bertz CT molecular complexity index is 322. The molecule has 1 aliphatic carbocycles. The summed E-state index contributed by atoms with van der Waals surface area (Å²) < 4.78 is 0. The zero-order valence-electron chi connectivity index (χ0n) is 11.4. The second-order valence-corrected chi connectivity index (χ2v) is 5.92. The molecule has 0 spiro atoms. The zero-order chi connectivity index (χ0) is 13.1. The van der Waals surface area contributed by atoms with Gasteiger partial charge >= 0.3 is 0 Å². The molecule has 18 heavy (non-hydrogen) atoms. The molecule has 4 nitrogen and oxygen atoms in total.